The van der Waals surface area contributed by atoms with Crippen molar-refractivity contribution < 1.29 is 9.59 Å². The molecule has 5 rings (SSSR count). The Labute approximate surface area is 168 Å². The zero-order valence-electron chi connectivity index (χ0n) is 16.4. The van der Waals surface area contributed by atoms with E-state index in [4.69, 9.17) is 0 Å². The third kappa shape index (κ3) is 2.38. The molecule has 1 spiro atoms. The summed E-state index contributed by atoms with van der Waals surface area (Å²) in [7, 11) is 1.89. The van der Waals surface area contributed by atoms with Crippen LogP contribution in [0.15, 0.2) is 49.1 Å². The molecule has 0 aliphatic carbocycles. The fraction of sp³-hybridized carbons (Fsp3) is 0.333. The highest BCUT2D eigenvalue weighted by molar-refractivity contribution is 6.08. The van der Waals surface area contributed by atoms with Crippen molar-refractivity contribution >= 4 is 17.5 Å². The highest BCUT2D eigenvalue weighted by Crippen LogP contribution is 2.54. The number of para-hydroxylation sites is 1. The number of nitrogens with zero attached hydrogens (tertiary/aromatic N) is 5. The number of rotatable bonds is 3. The van der Waals surface area contributed by atoms with Crippen LogP contribution in [-0.4, -0.2) is 42.6 Å². The highest BCUT2D eigenvalue weighted by atomic mass is 16.2. The Kier molecular flexibility index (Phi) is 3.84. The number of hydrogen-bond donors (Lipinski definition) is 1. The molecule has 4 heterocycles. The predicted octanol–water partition coefficient (Wildman–Crippen LogP) is 2.11. The van der Waals surface area contributed by atoms with E-state index in [1.807, 2.05) is 49.0 Å². The number of amides is 2. The summed E-state index contributed by atoms with van der Waals surface area (Å²) in [6, 6.07) is 7.24. The van der Waals surface area contributed by atoms with Crippen LogP contribution in [0.2, 0.25) is 0 Å². The van der Waals surface area contributed by atoms with E-state index in [-0.39, 0.29) is 11.8 Å². The summed E-state index contributed by atoms with van der Waals surface area (Å²) in [6.07, 6.45) is 7.44. The molecule has 1 aromatic carbocycles. The fourth-order valence-electron chi connectivity index (χ4n) is 4.72. The maximum Gasteiger partial charge on any atom is 0.257 e. The van der Waals surface area contributed by atoms with Crippen LogP contribution in [0.1, 0.15) is 41.1 Å². The number of nitrogens with one attached hydrogen (secondary N) is 1. The Balaban J connectivity index is 1.66. The van der Waals surface area contributed by atoms with E-state index in [0.717, 1.165) is 11.3 Å². The molecule has 29 heavy (non-hydrogen) atoms. The van der Waals surface area contributed by atoms with Gasteiger partial charge in [0, 0.05) is 44.4 Å². The van der Waals surface area contributed by atoms with Crippen LogP contribution in [0.25, 0.3) is 0 Å². The van der Waals surface area contributed by atoms with E-state index in [1.54, 1.807) is 28.2 Å². The van der Waals surface area contributed by atoms with Crippen LogP contribution in [-0.2, 0) is 23.8 Å². The Morgan fingerprint density at radius 2 is 2.17 bits per heavy atom. The molecule has 3 aromatic rings. The molecule has 2 atom stereocenters. The van der Waals surface area contributed by atoms with Gasteiger partial charge in [-0.15, -0.1) is 0 Å². The van der Waals surface area contributed by atoms with Crippen molar-refractivity contribution in [1.29, 1.82) is 0 Å². The van der Waals surface area contributed by atoms with Gasteiger partial charge in [0.25, 0.3) is 5.91 Å². The molecule has 0 unspecified atom stereocenters. The largest absolute Gasteiger partial charge is 0.336 e. The first kappa shape index (κ1) is 17.7. The first-order valence-electron chi connectivity index (χ1n) is 9.78. The second-order valence-corrected chi connectivity index (χ2v) is 7.60. The molecule has 8 heteroatoms. The van der Waals surface area contributed by atoms with Crippen LogP contribution in [0.3, 0.4) is 0 Å². The summed E-state index contributed by atoms with van der Waals surface area (Å²) < 4.78 is 3.62. The standard InChI is InChI=1S/C21H22N6O2/c1-3-26-13-14(12-23-26)19(28)27-10-8-21(17(27)18-22-9-11-25(18)2)15-6-4-5-7-16(15)24-20(21)29/h4-7,9,11-13,17H,3,8,10H2,1-2H3,(H,24,29)/t17-,21+/m0/s1. The Morgan fingerprint density at radius 1 is 1.34 bits per heavy atom. The average molecular weight is 390 g/mol. The molecule has 0 bridgehead atoms. The molecule has 2 amide bonds. The van der Waals surface area contributed by atoms with Crippen molar-refractivity contribution in [2.45, 2.75) is 31.3 Å². The molecule has 0 radical (unpaired) electrons. The van der Waals surface area contributed by atoms with E-state index in [0.29, 0.717) is 30.9 Å². The molecule has 0 saturated carbocycles. The van der Waals surface area contributed by atoms with Gasteiger partial charge < -0.3 is 14.8 Å². The van der Waals surface area contributed by atoms with Gasteiger partial charge >= 0.3 is 0 Å². The van der Waals surface area contributed by atoms with Gasteiger partial charge in [0.15, 0.2) is 0 Å². The summed E-state index contributed by atoms with van der Waals surface area (Å²) in [5.74, 6) is 0.489. The van der Waals surface area contributed by atoms with E-state index in [9.17, 15) is 9.59 Å². The minimum atomic E-state index is -0.855. The molecule has 8 nitrogen and oxygen atoms in total. The van der Waals surface area contributed by atoms with Crippen molar-refractivity contribution in [3.63, 3.8) is 0 Å². The highest BCUT2D eigenvalue weighted by Gasteiger charge is 2.60. The van der Waals surface area contributed by atoms with Gasteiger partial charge in [0.1, 0.15) is 17.3 Å². The minimum Gasteiger partial charge on any atom is -0.336 e. The molecule has 1 N–H and O–H groups in total. The molecular weight excluding hydrogens is 368 g/mol. The van der Waals surface area contributed by atoms with Crippen molar-refractivity contribution in [3.8, 4) is 0 Å². The zero-order chi connectivity index (χ0) is 20.2. The lowest BCUT2D eigenvalue weighted by atomic mass is 9.74. The fourth-order valence-corrected chi connectivity index (χ4v) is 4.72. The predicted molar refractivity (Wildman–Crippen MR) is 106 cm³/mol. The summed E-state index contributed by atoms with van der Waals surface area (Å²) in [6.45, 7) is 3.13. The van der Waals surface area contributed by atoms with Crippen molar-refractivity contribution in [2.75, 3.05) is 11.9 Å². The van der Waals surface area contributed by atoms with Crippen molar-refractivity contribution in [3.05, 3.63) is 66.0 Å². The lowest BCUT2D eigenvalue weighted by Crippen LogP contribution is -2.43. The summed E-state index contributed by atoms with van der Waals surface area (Å²) in [5, 5.41) is 7.27. The number of imidazole rings is 1. The van der Waals surface area contributed by atoms with Crippen LogP contribution >= 0.6 is 0 Å². The molecule has 1 saturated heterocycles. The lowest BCUT2D eigenvalue weighted by Gasteiger charge is -2.33. The van der Waals surface area contributed by atoms with Crippen LogP contribution in [0, 0.1) is 0 Å². The summed E-state index contributed by atoms with van der Waals surface area (Å²) >= 11 is 0. The number of carbonyl (C=O) groups is 2. The molecule has 1 fully saturated rings. The Morgan fingerprint density at radius 3 is 2.90 bits per heavy atom. The van der Waals surface area contributed by atoms with Gasteiger partial charge in [-0.1, -0.05) is 18.2 Å². The number of aryl methyl sites for hydroxylation is 2. The van der Waals surface area contributed by atoms with Gasteiger partial charge in [-0.3, -0.25) is 14.3 Å². The van der Waals surface area contributed by atoms with E-state index in [2.05, 4.69) is 15.4 Å². The molecule has 2 aliphatic heterocycles. The van der Waals surface area contributed by atoms with Gasteiger partial charge in [-0.2, -0.15) is 5.10 Å². The smallest absolute Gasteiger partial charge is 0.257 e. The number of carbonyl (C=O) groups excluding carboxylic acids is 2. The van der Waals surface area contributed by atoms with E-state index >= 15 is 0 Å². The van der Waals surface area contributed by atoms with Gasteiger partial charge in [0.05, 0.1) is 11.8 Å². The van der Waals surface area contributed by atoms with Gasteiger partial charge in [-0.05, 0) is 25.0 Å². The number of aromatic nitrogens is 4. The number of anilines is 1. The van der Waals surface area contributed by atoms with Crippen molar-refractivity contribution in [1.82, 2.24) is 24.2 Å². The first-order valence-corrected chi connectivity index (χ1v) is 9.78. The van der Waals surface area contributed by atoms with Crippen LogP contribution in [0.5, 0.6) is 0 Å². The van der Waals surface area contributed by atoms with E-state index < -0.39 is 11.5 Å². The van der Waals surface area contributed by atoms with Crippen molar-refractivity contribution in [2.24, 2.45) is 7.05 Å². The normalized spacial score (nSPS) is 22.9. The molecule has 148 valence electrons. The Bertz CT molecular complexity index is 1120. The molecule has 2 aromatic heterocycles. The maximum absolute atomic E-state index is 13.5. The van der Waals surface area contributed by atoms with Crippen LogP contribution in [0.4, 0.5) is 5.69 Å². The van der Waals surface area contributed by atoms with Gasteiger partial charge in [0.2, 0.25) is 5.91 Å². The summed E-state index contributed by atoms with van der Waals surface area (Å²) in [5.41, 5.74) is 1.41. The third-order valence-corrected chi connectivity index (χ3v) is 6.15. The topological polar surface area (TPSA) is 85.0 Å². The van der Waals surface area contributed by atoms with E-state index in [1.165, 1.54) is 0 Å². The van der Waals surface area contributed by atoms with Gasteiger partial charge in [-0.25, -0.2) is 4.98 Å². The second kappa shape index (κ2) is 6.30. The minimum absolute atomic E-state index is 0.0775. The quantitative estimate of drug-likeness (QED) is 0.742. The number of likely N-dealkylation sites (tertiary alicyclic amines) is 1. The van der Waals surface area contributed by atoms with Crippen LogP contribution < -0.4 is 5.32 Å². The first-order chi connectivity index (χ1) is 14.1. The summed E-state index contributed by atoms with van der Waals surface area (Å²) in [4.78, 5) is 33.1. The Hall–Kier alpha value is -3.42. The monoisotopic (exact) mass is 390 g/mol. The SMILES string of the molecule is CCn1cc(C(=O)N2CC[C@]3(C(=O)Nc4ccccc43)[C@@H]2c2nccn2C)cn1. The molecular formula is C21H22N6O2. The average Bonchev–Trinajstić information content (AvgIpc) is 3.49. The number of hydrogen-bond acceptors (Lipinski definition) is 4. The zero-order valence-corrected chi connectivity index (χ0v) is 16.4. The maximum atomic E-state index is 13.5. The second-order valence-electron chi connectivity index (χ2n) is 7.60. The lowest BCUT2D eigenvalue weighted by molar-refractivity contribution is -0.121. The number of fused-ring (bicyclic) bond motifs is 2. The third-order valence-electron chi connectivity index (χ3n) is 6.15. The molecule has 2 aliphatic rings. The number of benzene rings is 1.